The summed E-state index contributed by atoms with van der Waals surface area (Å²) in [6, 6.07) is 2.26. The van der Waals surface area contributed by atoms with Gasteiger partial charge in [-0.2, -0.15) is 5.26 Å². The van der Waals surface area contributed by atoms with Crippen LogP contribution in [-0.4, -0.2) is 12.5 Å². The van der Waals surface area contributed by atoms with E-state index in [2.05, 4.69) is 28.9 Å². The van der Waals surface area contributed by atoms with E-state index in [1.807, 2.05) is 0 Å². The number of nitrogens with zero attached hydrogens (tertiary/aromatic N) is 1. The van der Waals surface area contributed by atoms with E-state index in [9.17, 15) is 10.1 Å². The Morgan fingerprint density at radius 1 is 1.60 bits per heavy atom. The Balaban J connectivity index is 1.73. The normalized spacial score (nSPS) is 20.4. The average Bonchev–Trinajstić information content (AvgIpc) is 3.05. The highest BCUT2D eigenvalue weighted by Crippen LogP contribution is 2.35. The lowest BCUT2D eigenvalue weighted by molar-refractivity contribution is -0.116. The molecule has 3 rings (SSSR count). The number of hydrogen-bond acceptors (Lipinski definition) is 4. The Hall–Kier alpha value is -1.64. The van der Waals surface area contributed by atoms with Crippen LogP contribution in [0.15, 0.2) is 12.2 Å². The molecule has 1 unspecified atom stereocenters. The van der Waals surface area contributed by atoms with Crippen LogP contribution in [0.2, 0.25) is 0 Å². The van der Waals surface area contributed by atoms with E-state index in [-0.39, 0.29) is 5.91 Å². The Bertz CT molecular complexity index is 597. The van der Waals surface area contributed by atoms with Gasteiger partial charge in [-0.1, -0.05) is 12.2 Å². The maximum atomic E-state index is 12.1. The number of nitrogens with one attached hydrogen (secondary N) is 2. The third kappa shape index (κ3) is 2.62. The molecule has 2 aliphatic rings. The third-order valence-corrected chi connectivity index (χ3v) is 5.00. The van der Waals surface area contributed by atoms with Gasteiger partial charge in [0.2, 0.25) is 5.91 Å². The number of anilines is 1. The Kier molecular flexibility index (Phi) is 3.86. The number of carbonyl (C=O) groups excluding carboxylic acids is 1. The lowest BCUT2D eigenvalue weighted by Gasteiger charge is -2.11. The highest BCUT2D eigenvalue weighted by molar-refractivity contribution is 7.16. The molecule has 0 spiro atoms. The molecule has 1 aromatic rings. The molecule has 0 fully saturated rings. The van der Waals surface area contributed by atoms with Crippen LogP contribution in [-0.2, 0) is 17.8 Å². The standard InChI is InChI=1S/C15H17N3OS/c16-8-12-11-5-6-17-9-13(11)20-15(12)18-14(19)7-10-3-1-2-4-10/h1,3,10,17H,2,4-7,9H2,(H,18,19). The van der Waals surface area contributed by atoms with Crippen LogP contribution in [0.4, 0.5) is 5.00 Å². The van der Waals surface area contributed by atoms with Crippen LogP contribution in [0.25, 0.3) is 0 Å². The lowest BCUT2D eigenvalue weighted by Crippen LogP contribution is -2.22. The smallest absolute Gasteiger partial charge is 0.225 e. The zero-order valence-corrected chi connectivity index (χ0v) is 12.1. The van der Waals surface area contributed by atoms with Gasteiger partial charge in [0, 0.05) is 17.8 Å². The van der Waals surface area contributed by atoms with Crippen molar-refractivity contribution in [2.45, 2.75) is 32.2 Å². The van der Waals surface area contributed by atoms with E-state index in [0.717, 1.165) is 42.9 Å². The quantitative estimate of drug-likeness (QED) is 0.840. The van der Waals surface area contributed by atoms with Gasteiger partial charge in [0.05, 0.1) is 5.56 Å². The monoisotopic (exact) mass is 287 g/mol. The van der Waals surface area contributed by atoms with Gasteiger partial charge in [-0.3, -0.25) is 4.79 Å². The van der Waals surface area contributed by atoms with Crippen molar-refractivity contribution in [3.8, 4) is 6.07 Å². The topological polar surface area (TPSA) is 64.9 Å². The minimum atomic E-state index is 0.0182. The van der Waals surface area contributed by atoms with Crippen molar-refractivity contribution in [1.29, 1.82) is 5.26 Å². The lowest BCUT2D eigenvalue weighted by atomic mass is 10.0. The molecule has 0 radical (unpaired) electrons. The molecule has 0 aromatic carbocycles. The molecule has 4 nitrogen and oxygen atoms in total. The highest BCUT2D eigenvalue weighted by atomic mass is 32.1. The van der Waals surface area contributed by atoms with E-state index < -0.39 is 0 Å². The molecule has 1 aliphatic heterocycles. The molecular weight excluding hydrogens is 270 g/mol. The van der Waals surface area contributed by atoms with Crippen molar-refractivity contribution < 1.29 is 4.79 Å². The summed E-state index contributed by atoms with van der Waals surface area (Å²) in [5, 5.41) is 16.3. The van der Waals surface area contributed by atoms with Crippen LogP contribution < -0.4 is 10.6 Å². The number of hydrogen-bond donors (Lipinski definition) is 2. The summed E-state index contributed by atoms with van der Waals surface area (Å²) in [6.07, 6.45) is 7.77. The summed E-state index contributed by atoms with van der Waals surface area (Å²) in [6.45, 7) is 1.70. The SMILES string of the molecule is N#Cc1c(NC(=O)CC2C=CCC2)sc2c1CCNC2. The molecule has 20 heavy (non-hydrogen) atoms. The van der Waals surface area contributed by atoms with Crippen LogP contribution in [0.3, 0.4) is 0 Å². The summed E-state index contributed by atoms with van der Waals surface area (Å²) in [7, 11) is 0. The van der Waals surface area contributed by atoms with Crippen LogP contribution >= 0.6 is 11.3 Å². The molecule has 5 heteroatoms. The number of amides is 1. The van der Waals surface area contributed by atoms with Gasteiger partial charge < -0.3 is 10.6 Å². The summed E-state index contributed by atoms with van der Waals surface area (Å²) < 4.78 is 0. The number of rotatable bonds is 3. The number of thiophene rings is 1. The second-order valence-electron chi connectivity index (χ2n) is 5.26. The second-order valence-corrected chi connectivity index (χ2v) is 6.37. The fraction of sp³-hybridized carbons (Fsp3) is 0.467. The van der Waals surface area contributed by atoms with Gasteiger partial charge in [0.1, 0.15) is 11.1 Å². The van der Waals surface area contributed by atoms with Crippen molar-refractivity contribution in [1.82, 2.24) is 5.32 Å². The third-order valence-electron chi connectivity index (χ3n) is 3.85. The average molecular weight is 287 g/mol. The largest absolute Gasteiger partial charge is 0.317 e. The van der Waals surface area contributed by atoms with Gasteiger partial charge in [-0.25, -0.2) is 0 Å². The maximum absolute atomic E-state index is 12.1. The minimum Gasteiger partial charge on any atom is -0.317 e. The first-order chi connectivity index (χ1) is 9.78. The van der Waals surface area contributed by atoms with Crippen LogP contribution in [0, 0.1) is 17.2 Å². The number of fused-ring (bicyclic) bond motifs is 1. The molecule has 0 saturated heterocycles. The van der Waals surface area contributed by atoms with E-state index in [0.29, 0.717) is 17.9 Å². The van der Waals surface area contributed by atoms with Crippen LogP contribution in [0.5, 0.6) is 0 Å². The predicted molar refractivity (Wildman–Crippen MR) is 79.6 cm³/mol. The molecule has 1 aromatic heterocycles. The van der Waals surface area contributed by atoms with E-state index in [4.69, 9.17) is 0 Å². The number of carbonyl (C=O) groups is 1. The first-order valence-electron chi connectivity index (χ1n) is 7.00. The number of nitriles is 1. The van der Waals surface area contributed by atoms with Crippen LogP contribution in [0.1, 0.15) is 35.3 Å². The first kappa shape index (κ1) is 13.3. The van der Waals surface area contributed by atoms with Gasteiger partial charge in [0.25, 0.3) is 0 Å². The fourth-order valence-corrected chi connectivity index (χ4v) is 4.01. The van der Waals surface area contributed by atoms with Crippen molar-refractivity contribution >= 4 is 22.2 Å². The van der Waals surface area contributed by atoms with Gasteiger partial charge in [-0.15, -0.1) is 11.3 Å². The minimum absolute atomic E-state index is 0.0182. The van der Waals surface area contributed by atoms with E-state index in [1.165, 1.54) is 16.2 Å². The summed E-state index contributed by atoms with van der Waals surface area (Å²) in [5.74, 6) is 0.376. The zero-order chi connectivity index (χ0) is 13.9. The van der Waals surface area contributed by atoms with Crippen molar-refractivity contribution in [3.05, 3.63) is 28.2 Å². The molecule has 0 bridgehead atoms. The van der Waals surface area contributed by atoms with E-state index >= 15 is 0 Å². The summed E-state index contributed by atoms with van der Waals surface area (Å²) >= 11 is 1.54. The molecule has 1 atom stereocenters. The molecule has 1 aliphatic carbocycles. The highest BCUT2D eigenvalue weighted by Gasteiger charge is 2.22. The van der Waals surface area contributed by atoms with Crippen molar-refractivity contribution in [2.75, 3.05) is 11.9 Å². The number of allylic oxidation sites excluding steroid dienone is 2. The maximum Gasteiger partial charge on any atom is 0.225 e. The van der Waals surface area contributed by atoms with Gasteiger partial charge in [-0.05, 0) is 37.3 Å². The molecule has 104 valence electrons. The predicted octanol–water partition coefficient (Wildman–Crippen LogP) is 2.56. The second kappa shape index (κ2) is 5.78. The van der Waals surface area contributed by atoms with Crippen molar-refractivity contribution in [3.63, 3.8) is 0 Å². The molecule has 0 saturated carbocycles. The first-order valence-corrected chi connectivity index (χ1v) is 7.81. The van der Waals surface area contributed by atoms with Crippen molar-refractivity contribution in [2.24, 2.45) is 5.92 Å². The van der Waals surface area contributed by atoms with E-state index in [1.54, 1.807) is 0 Å². The molecular formula is C15H17N3OS. The molecule has 2 heterocycles. The summed E-state index contributed by atoms with van der Waals surface area (Å²) in [4.78, 5) is 13.3. The fourth-order valence-electron chi connectivity index (χ4n) is 2.82. The molecule has 2 N–H and O–H groups in total. The Morgan fingerprint density at radius 2 is 2.50 bits per heavy atom. The Morgan fingerprint density at radius 3 is 3.25 bits per heavy atom. The zero-order valence-electron chi connectivity index (χ0n) is 11.2. The van der Waals surface area contributed by atoms with Gasteiger partial charge in [0.15, 0.2) is 0 Å². The Labute approximate surface area is 122 Å². The van der Waals surface area contributed by atoms with Gasteiger partial charge >= 0.3 is 0 Å². The summed E-state index contributed by atoms with van der Waals surface area (Å²) in [5.41, 5.74) is 1.79. The molecule has 1 amide bonds.